The zero-order chi connectivity index (χ0) is 20.9. The molecule has 1 saturated heterocycles. The molecule has 3 aromatic rings. The van der Waals surface area contributed by atoms with Crippen molar-refractivity contribution in [1.29, 1.82) is 0 Å². The zero-order valence-corrected chi connectivity index (χ0v) is 18.5. The van der Waals surface area contributed by atoms with Gasteiger partial charge in [-0.15, -0.1) is 11.3 Å². The van der Waals surface area contributed by atoms with E-state index < -0.39 is 0 Å². The summed E-state index contributed by atoms with van der Waals surface area (Å²) in [5.41, 5.74) is 3.32. The van der Waals surface area contributed by atoms with Crippen LogP contribution in [0.3, 0.4) is 0 Å². The lowest BCUT2D eigenvalue weighted by molar-refractivity contribution is -0.126. The number of thiophene rings is 1. The Balaban J connectivity index is 1.29. The highest BCUT2D eigenvalue weighted by atomic mass is 32.1. The number of amides is 1. The number of hydrogen-bond donors (Lipinski definition) is 1. The zero-order valence-electron chi connectivity index (χ0n) is 17.7. The fraction of sp³-hybridized carbons (Fsp3) is 0.417. The van der Waals surface area contributed by atoms with Crippen LogP contribution in [0.5, 0.6) is 0 Å². The molecule has 1 aliphatic heterocycles. The van der Waals surface area contributed by atoms with E-state index in [4.69, 9.17) is 9.40 Å². The van der Waals surface area contributed by atoms with Gasteiger partial charge in [0.15, 0.2) is 0 Å². The van der Waals surface area contributed by atoms with Crippen molar-refractivity contribution >= 4 is 17.2 Å². The van der Waals surface area contributed by atoms with Crippen molar-refractivity contribution in [2.45, 2.75) is 46.2 Å². The Bertz CT molecular complexity index is 955. The molecule has 0 aliphatic carbocycles. The predicted molar refractivity (Wildman–Crippen MR) is 120 cm³/mol. The van der Waals surface area contributed by atoms with Crippen LogP contribution >= 0.6 is 11.3 Å². The lowest BCUT2D eigenvalue weighted by Gasteiger charge is -2.30. The van der Waals surface area contributed by atoms with Crippen LogP contribution in [0.1, 0.15) is 41.7 Å². The molecule has 0 atom stereocenters. The van der Waals surface area contributed by atoms with Gasteiger partial charge in [0.2, 0.25) is 11.8 Å². The summed E-state index contributed by atoms with van der Waals surface area (Å²) in [7, 11) is 0. The number of hydrogen-bond acceptors (Lipinski definition) is 5. The number of carbonyl (C=O) groups is 1. The number of nitrogens with one attached hydrogen (secondary N) is 1. The van der Waals surface area contributed by atoms with Gasteiger partial charge >= 0.3 is 0 Å². The van der Waals surface area contributed by atoms with Crippen molar-refractivity contribution in [2.75, 3.05) is 13.1 Å². The molecule has 30 heavy (non-hydrogen) atoms. The van der Waals surface area contributed by atoms with Crippen LogP contribution in [0.15, 0.2) is 46.2 Å². The maximum Gasteiger partial charge on any atom is 0.226 e. The SMILES string of the molecule is CCc1ccc(-c2nc(CN3CCC(C(=O)NCc4cccs4)CC3)c(C)o2)cc1. The first-order valence-corrected chi connectivity index (χ1v) is 11.6. The van der Waals surface area contributed by atoms with Gasteiger partial charge in [-0.05, 0) is 68.4 Å². The smallest absolute Gasteiger partial charge is 0.226 e. The molecule has 0 bridgehead atoms. The second-order valence-electron chi connectivity index (χ2n) is 7.92. The second kappa shape index (κ2) is 9.58. The first-order chi connectivity index (χ1) is 14.6. The minimum atomic E-state index is 0.104. The lowest BCUT2D eigenvalue weighted by atomic mass is 9.96. The highest BCUT2D eigenvalue weighted by molar-refractivity contribution is 7.09. The number of likely N-dealkylation sites (tertiary alicyclic amines) is 1. The Morgan fingerprint density at radius 2 is 2.00 bits per heavy atom. The molecule has 1 fully saturated rings. The Labute approximate surface area is 182 Å². The maximum atomic E-state index is 12.5. The van der Waals surface area contributed by atoms with Gasteiger partial charge in [0.1, 0.15) is 5.76 Å². The number of piperidine rings is 1. The van der Waals surface area contributed by atoms with Crippen molar-refractivity contribution in [3.05, 3.63) is 63.7 Å². The molecule has 1 N–H and O–H groups in total. The summed E-state index contributed by atoms with van der Waals surface area (Å²) >= 11 is 1.68. The van der Waals surface area contributed by atoms with Crippen molar-refractivity contribution in [2.24, 2.45) is 5.92 Å². The molecule has 158 valence electrons. The van der Waals surface area contributed by atoms with Crippen molar-refractivity contribution in [3.8, 4) is 11.5 Å². The van der Waals surface area contributed by atoms with Gasteiger partial charge in [-0.3, -0.25) is 9.69 Å². The Kier molecular flexibility index (Phi) is 6.65. The van der Waals surface area contributed by atoms with Crippen molar-refractivity contribution < 1.29 is 9.21 Å². The fourth-order valence-corrected chi connectivity index (χ4v) is 4.52. The summed E-state index contributed by atoms with van der Waals surface area (Å²) in [6.07, 6.45) is 2.80. The molecule has 6 heteroatoms. The standard InChI is InChI=1S/C24H29N3O2S/c1-3-18-6-8-20(9-7-18)24-26-22(17(2)29-24)16-27-12-10-19(11-13-27)23(28)25-15-21-5-4-14-30-21/h4-9,14,19H,3,10-13,15-16H2,1-2H3,(H,25,28). The third-order valence-electron chi connectivity index (χ3n) is 5.85. The monoisotopic (exact) mass is 423 g/mol. The van der Waals surface area contributed by atoms with E-state index in [-0.39, 0.29) is 11.8 Å². The van der Waals surface area contributed by atoms with Crippen LogP contribution in [0.2, 0.25) is 0 Å². The van der Waals surface area contributed by atoms with Gasteiger partial charge in [0, 0.05) is 22.9 Å². The van der Waals surface area contributed by atoms with E-state index in [2.05, 4.69) is 47.5 Å². The third kappa shape index (κ3) is 4.99. The van der Waals surface area contributed by atoms with Gasteiger partial charge in [-0.1, -0.05) is 25.1 Å². The molecule has 0 saturated carbocycles. The van der Waals surface area contributed by atoms with Crippen LogP contribution < -0.4 is 5.32 Å². The molecule has 5 nitrogen and oxygen atoms in total. The normalized spacial score (nSPS) is 15.4. The predicted octanol–water partition coefficient (Wildman–Crippen LogP) is 4.80. The topological polar surface area (TPSA) is 58.4 Å². The Morgan fingerprint density at radius 1 is 1.23 bits per heavy atom. The van der Waals surface area contributed by atoms with Gasteiger partial charge in [0.05, 0.1) is 12.2 Å². The molecule has 0 spiro atoms. The van der Waals surface area contributed by atoms with E-state index in [1.54, 1.807) is 11.3 Å². The number of rotatable bonds is 7. The number of aromatic nitrogens is 1. The molecule has 1 aliphatic rings. The van der Waals surface area contributed by atoms with E-state index in [0.29, 0.717) is 12.4 Å². The summed E-state index contributed by atoms with van der Waals surface area (Å²) in [6.45, 7) is 7.35. The Hall–Kier alpha value is -2.44. The summed E-state index contributed by atoms with van der Waals surface area (Å²) < 4.78 is 5.94. The molecule has 3 heterocycles. The Morgan fingerprint density at radius 3 is 2.67 bits per heavy atom. The summed E-state index contributed by atoms with van der Waals surface area (Å²) in [6, 6.07) is 12.5. The van der Waals surface area contributed by atoms with Crippen molar-refractivity contribution in [3.63, 3.8) is 0 Å². The summed E-state index contributed by atoms with van der Waals surface area (Å²) in [5.74, 6) is 1.85. The third-order valence-corrected chi connectivity index (χ3v) is 6.73. The average Bonchev–Trinajstić information content (AvgIpc) is 3.43. The molecule has 1 aromatic carbocycles. The van der Waals surface area contributed by atoms with Gasteiger partial charge in [-0.25, -0.2) is 4.98 Å². The minimum absolute atomic E-state index is 0.104. The quantitative estimate of drug-likeness (QED) is 0.593. The molecule has 0 radical (unpaired) electrons. The summed E-state index contributed by atoms with van der Waals surface area (Å²) in [5, 5.41) is 5.12. The van der Waals surface area contributed by atoms with Crippen LogP contribution in [0.25, 0.3) is 11.5 Å². The molecular formula is C24H29N3O2S. The number of benzene rings is 1. The van der Waals surface area contributed by atoms with E-state index in [1.165, 1.54) is 10.4 Å². The average molecular weight is 424 g/mol. The van der Waals surface area contributed by atoms with Gasteiger partial charge in [-0.2, -0.15) is 0 Å². The van der Waals surface area contributed by atoms with Crippen molar-refractivity contribution in [1.82, 2.24) is 15.2 Å². The molecule has 2 aromatic heterocycles. The minimum Gasteiger partial charge on any atom is -0.441 e. The van der Waals surface area contributed by atoms with E-state index in [0.717, 1.165) is 55.9 Å². The van der Waals surface area contributed by atoms with Crippen LogP contribution in [0, 0.1) is 12.8 Å². The number of carbonyl (C=O) groups excluding carboxylic acids is 1. The van der Waals surface area contributed by atoms with Crippen LogP contribution in [-0.4, -0.2) is 28.9 Å². The van der Waals surface area contributed by atoms with Gasteiger partial charge in [0.25, 0.3) is 0 Å². The lowest BCUT2D eigenvalue weighted by Crippen LogP contribution is -2.40. The number of aryl methyl sites for hydroxylation is 2. The maximum absolute atomic E-state index is 12.5. The summed E-state index contributed by atoms with van der Waals surface area (Å²) in [4.78, 5) is 20.8. The molecule has 4 rings (SSSR count). The number of nitrogens with zero attached hydrogens (tertiary/aromatic N) is 2. The molecular weight excluding hydrogens is 394 g/mol. The van der Waals surface area contributed by atoms with E-state index in [9.17, 15) is 4.79 Å². The highest BCUT2D eigenvalue weighted by Gasteiger charge is 2.26. The van der Waals surface area contributed by atoms with E-state index >= 15 is 0 Å². The second-order valence-corrected chi connectivity index (χ2v) is 8.95. The first kappa shape index (κ1) is 20.8. The first-order valence-electron chi connectivity index (χ1n) is 10.7. The molecule has 0 unspecified atom stereocenters. The number of oxazole rings is 1. The van der Waals surface area contributed by atoms with Gasteiger partial charge < -0.3 is 9.73 Å². The fourth-order valence-electron chi connectivity index (χ4n) is 3.88. The van der Waals surface area contributed by atoms with Crippen LogP contribution in [0.4, 0.5) is 0 Å². The highest BCUT2D eigenvalue weighted by Crippen LogP contribution is 2.25. The largest absolute Gasteiger partial charge is 0.441 e. The van der Waals surface area contributed by atoms with Crippen LogP contribution in [-0.2, 0) is 24.3 Å². The van der Waals surface area contributed by atoms with E-state index in [1.807, 2.05) is 18.4 Å². The molecule has 1 amide bonds.